The predicted octanol–water partition coefficient (Wildman–Crippen LogP) is 1.83. The minimum absolute atomic E-state index is 0.200. The summed E-state index contributed by atoms with van der Waals surface area (Å²) in [6, 6.07) is 10.6. The maximum Gasteiger partial charge on any atom is 0.253 e. The normalized spacial score (nSPS) is 10.2. The Hall–Kier alpha value is -2.56. The van der Waals surface area contributed by atoms with Gasteiger partial charge in [0.1, 0.15) is 12.4 Å². The number of nitrogens with zero attached hydrogens (tertiary/aromatic N) is 1. The quantitative estimate of drug-likeness (QED) is 0.912. The van der Waals surface area contributed by atoms with Gasteiger partial charge in [0.15, 0.2) is 0 Å². The first-order valence-electron chi connectivity index (χ1n) is 6.70. The van der Waals surface area contributed by atoms with Crippen LogP contribution >= 0.6 is 0 Å². The number of hydrogen-bond donors (Lipinski definition) is 1. The maximum atomic E-state index is 12.1. The van der Waals surface area contributed by atoms with Crippen LogP contribution in [0.5, 0.6) is 5.75 Å². The second kappa shape index (κ2) is 6.74. The summed E-state index contributed by atoms with van der Waals surface area (Å²) >= 11 is 0. The van der Waals surface area contributed by atoms with E-state index in [9.17, 15) is 9.59 Å². The summed E-state index contributed by atoms with van der Waals surface area (Å²) in [5, 5.41) is 0. The summed E-state index contributed by atoms with van der Waals surface area (Å²) in [6.07, 6.45) is 1.46. The lowest BCUT2D eigenvalue weighted by molar-refractivity contribution is 0.0773. The van der Waals surface area contributed by atoms with Crippen LogP contribution in [0.15, 0.2) is 47.4 Å². The molecular formula is C16H18N2O3. The Labute approximate surface area is 123 Å². The lowest BCUT2D eigenvalue weighted by Crippen LogP contribution is -2.31. The number of pyridine rings is 1. The Kier molecular flexibility index (Phi) is 4.77. The van der Waals surface area contributed by atoms with Crippen molar-refractivity contribution in [1.29, 1.82) is 0 Å². The molecule has 110 valence electrons. The van der Waals surface area contributed by atoms with E-state index >= 15 is 0 Å². The first-order chi connectivity index (χ1) is 10.1. The molecule has 1 aromatic heterocycles. The van der Waals surface area contributed by atoms with Gasteiger partial charge in [-0.15, -0.1) is 0 Å². The fraction of sp³-hybridized carbons (Fsp3) is 0.250. The number of rotatable bonds is 5. The Balaban J connectivity index is 1.86. The number of carbonyl (C=O) groups excluding carboxylic acids is 1. The van der Waals surface area contributed by atoms with E-state index in [1.165, 1.54) is 22.7 Å². The maximum absolute atomic E-state index is 12.1. The van der Waals surface area contributed by atoms with E-state index in [4.69, 9.17) is 4.74 Å². The number of amides is 1. The van der Waals surface area contributed by atoms with Crippen LogP contribution in [-0.2, 0) is 0 Å². The molecule has 0 aliphatic heterocycles. The van der Waals surface area contributed by atoms with Crippen LogP contribution < -0.4 is 10.3 Å². The number of aromatic amines is 1. The van der Waals surface area contributed by atoms with E-state index in [1.807, 2.05) is 31.2 Å². The predicted molar refractivity (Wildman–Crippen MR) is 80.7 cm³/mol. The zero-order valence-electron chi connectivity index (χ0n) is 12.1. The molecule has 1 heterocycles. The first-order valence-corrected chi connectivity index (χ1v) is 6.70. The van der Waals surface area contributed by atoms with Crippen molar-refractivity contribution in [2.45, 2.75) is 6.92 Å². The summed E-state index contributed by atoms with van der Waals surface area (Å²) in [4.78, 5) is 27.3. The number of H-pyrrole nitrogens is 1. The van der Waals surface area contributed by atoms with Gasteiger partial charge in [0, 0.05) is 24.9 Å². The average molecular weight is 286 g/mol. The van der Waals surface area contributed by atoms with Crippen molar-refractivity contribution in [2.24, 2.45) is 0 Å². The molecule has 0 aliphatic rings. The Morgan fingerprint density at radius 1 is 1.24 bits per heavy atom. The van der Waals surface area contributed by atoms with Gasteiger partial charge < -0.3 is 14.6 Å². The first kappa shape index (κ1) is 14.8. The topological polar surface area (TPSA) is 62.4 Å². The van der Waals surface area contributed by atoms with Gasteiger partial charge in [-0.05, 0) is 25.1 Å². The molecule has 1 amide bonds. The second-order valence-corrected chi connectivity index (χ2v) is 4.83. The van der Waals surface area contributed by atoms with E-state index in [2.05, 4.69) is 4.98 Å². The van der Waals surface area contributed by atoms with Crippen LogP contribution in [0.2, 0.25) is 0 Å². The number of ether oxygens (including phenoxy) is 1. The van der Waals surface area contributed by atoms with E-state index in [-0.39, 0.29) is 11.5 Å². The van der Waals surface area contributed by atoms with Crippen LogP contribution in [0.3, 0.4) is 0 Å². The van der Waals surface area contributed by atoms with E-state index < -0.39 is 0 Å². The lowest BCUT2D eigenvalue weighted by atomic mass is 10.2. The van der Waals surface area contributed by atoms with Gasteiger partial charge in [-0.25, -0.2) is 0 Å². The highest BCUT2D eigenvalue weighted by atomic mass is 16.5. The molecule has 0 saturated heterocycles. The third-order valence-electron chi connectivity index (χ3n) is 3.09. The standard InChI is InChI=1S/C16H18N2O3/c1-12-3-5-14(6-4-12)21-10-9-18(2)16(20)13-7-8-17-15(19)11-13/h3-8,11H,9-10H2,1-2H3,(H,17,19). The highest BCUT2D eigenvalue weighted by Crippen LogP contribution is 2.11. The van der Waals surface area contributed by atoms with Crippen LogP contribution in [0, 0.1) is 6.92 Å². The van der Waals surface area contributed by atoms with Gasteiger partial charge in [0.2, 0.25) is 5.56 Å². The molecule has 21 heavy (non-hydrogen) atoms. The summed E-state index contributed by atoms with van der Waals surface area (Å²) in [7, 11) is 1.68. The summed E-state index contributed by atoms with van der Waals surface area (Å²) < 4.78 is 5.58. The summed E-state index contributed by atoms with van der Waals surface area (Å²) in [5.41, 5.74) is 1.26. The molecule has 0 unspecified atom stereocenters. The van der Waals surface area contributed by atoms with Gasteiger partial charge in [-0.1, -0.05) is 17.7 Å². The van der Waals surface area contributed by atoms with Crippen LogP contribution in [-0.4, -0.2) is 36.0 Å². The van der Waals surface area contributed by atoms with Crippen molar-refractivity contribution in [3.8, 4) is 5.75 Å². The number of likely N-dealkylation sites (N-methyl/N-ethyl adjacent to an activating group) is 1. The van der Waals surface area contributed by atoms with Crippen molar-refractivity contribution in [3.63, 3.8) is 0 Å². The zero-order chi connectivity index (χ0) is 15.2. The van der Waals surface area contributed by atoms with Crippen LogP contribution in [0.4, 0.5) is 0 Å². The smallest absolute Gasteiger partial charge is 0.253 e. The van der Waals surface area contributed by atoms with Gasteiger partial charge in [0.05, 0.1) is 6.54 Å². The lowest BCUT2D eigenvalue weighted by Gasteiger charge is -2.17. The van der Waals surface area contributed by atoms with Crippen molar-refractivity contribution in [1.82, 2.24) is 9.88 Å². The number of carbonyl (C=O) groups is 1. The second-order valence-electron chi connectivity index (χ2n) is 4.83. The van der Waals surface area contributed by atoms with Gasteiger partial charge in [-0.3, -0.25) is 9.59 Å². The molecule has 0 fully saturated rings. The molecule has 0 atom stereocenters. The van der Waals surface area contributed by atoms with Crippen LogP contribution in [0.25, 0.3) is 0 Å². The summed E-state index contributed by atoms with van der Waals surface area (Å²) in [6.45, 7) is 2.85. The van der Waals surface area contributed by atoms with Crippen LogP contribution in [0.1, 0.15) is 15.9 Å². The Morgan fingerprint density at radius 2 is 1.95 bits per heavy atom. The zero-order valence-corrected chi connectivity index (χ0v) is 12.1. The molecule has 0 radical (unpaired) electrons. The molecule has 1 N–H and O–H groups in total. The van der Waals surface area contributed by atoms with Crippen molar-refractivity contribution in [3.05, 3.63) is 64.1 Å². The van der Waals surface area contributed by atoms with E-state index in [1.54, 1.807) is 13.1 Å². The van der Waals surface area contributed by atoms with Gasteiger partial charge >= 0.3 is 0 Å². The molecule has 0 aliphatic carbocycles. The third kappa shape index (κ3) is 4.21. The molecule has 2 aromatic rings. The fourth-order valence-corrected chi connectivity index (χ4v) is 1.83. The minimum atomic E-state index is -0.287. The number of aromatic nitrogens is 1. The number of hydrogen-bond acceptors (Lipinski definition) is 3. The number of aryl methyl sites for hydroxylation is 1. The average Bonchev–Trinajstić information content (AvgIpc) is 2.48. The van der Waals surface area contributed by atoms with Crippen molar-refractivity contribution < 1.29 is 9.53 Å². The Morgan fingerprint density at radius 3 is 2.62 bits per heavy atom. The monoisotopic (exact) mass is 286 g/mol. The van der Waals surface area contributed by atoms with E-state index in [0.29, 0.717) is 18.7 Å². The number of nitrogens with one attached hydrogen (secondary N) is 1. The summed E-state index contributed by atoms with van der Waals surface area (Å²) in [5.74, 6) is 0.575. The number of benzene rings is 1. The molecule has 0 saturated carbocycles. The molecule has 1 aromatic carbocycles. The fourth-order valence-electron chi connectivity index (χ4n) is 1.83. The highest BCUT2D eigenvalue weighted by Gasteiger charge is 2.11. The van der Waals surface area contributed by atoms with E-state index in [0.717, 1.165) is 5.75 Å². The Bertz CT molecular complexity index is 662. The minimum Gasteiger partial charge on any atom is -0.492 e. The SMILES string of the molecule is Cc1ccc(OCCN(C)C(=O)c2cc[nH]c(=O)c2)cc1. The van der Waals surface area contributed by atoms with Crippen molar-refractivity contribution in [2.75, 3.05) is 20.2 Å². The van der Waals surface area contributed by atoms with Crippen molar-refractivity contribution >= 4 is 5.91 Å². The molecule has 0 bridgehead atoms. The highest BCUT2D eigenvalue weighted by molar-refractivity contribution is 5.93. The molecular weight excluding hydrogens is 268 g/mol. The van der Waals surface area contributed by atoms with Gasteiger partial charge in [0.25, 0.3) is 5.91 Å². The largest absolute Gasteiger partial charge is 0.492 e. The molecule has 0 spiro atoms. The molecule has 2 rings (SSSR count). The molecule has 5 nitrogen and oxygen atoms in total. The van der Waals surface area contributed by atoms with Gasteiger partial charge in [-0.2, -0.15) is 0 Å². The third-order valence-corrected chi connectivity index (χ3v) is 3.09. The molecule has 5 heteroatoms.